The van der Waals surface area contributed by atoms with Crippen molar-refractivity contribution in [3.8, 4) is 5.75 Å². The minimum absolute atomic E-state index is 0.152. The number of rotatable bonds is 3. The molecule has 2 aliphatic heterocycles. The summed E-state index contributed by atoms with van der Waals surface area (Å²) in [5, 5.41) is 9.39. The number of aromatic hydroxyl groups is 1. The van der Waals surface area contributed by atoms with Crippen LogP contribution in [-0.4, -0.2) is 52.9 Å². The molecule has 1 saturated heterocycles. The summed E-state index contributed by atoms with van der Waals surface area (Å²) >= 11 is 0. The SMILES string of the molecule is COC(=O)N1C=CN(C2CCCO2)C(=O)[C@@H]1Cc1ccc(O)cc1. The van der Waals surface area contributed by atoms with Crippen molar-refractivity contribution < 1.29 is 24.2 Å². The van der Waals surface area contributed by atoms with Crippen LogP contribution in [0, 0.1) is 0 Å². The molecule has 7 nitrogen and oxygen atoms in total. The molecule has 0 radical (unpaired) electrons. The third kappa shape index (κ3) is 3.21. The van der Waals surface area contributed by atoms with E-state index in [0.717, 1.165) is 18.4 Å². The maximum atomic E-state index is 12.9. The average Bonchev–Trinajstić information content (AvgIpc) is 3.12. The molecule has 0 saturated carbocycles. The molecule has 7 heteroatoms. The van der Waals surface area contributed by atoms with Gasteiger partial charge in [0.15, 0.2) is 0 Å². The van der Waals surface area contributed by atoms with E-state index in [1.165, 1.54) is 12.0 Å². The Bertz CT molecular complexity index is 637. The van der Waals surface area contributed by atoms with Crippen molar-refractivity contribution in [2.24, 2.45) is 0 Å². The van der Waals surface area contributed by atoms with Gasteiger partial charge in [0.2, 0.25) is 0 Å². The van der Waals surface area contributed by atoms with Gasteiger partial charge in [0.05, 0.1) is 7.11 Å². The Hall–Kier alpha value is -2.54. The first-order valence-electron chi connectivity index (χ1n) is 7.86. The number of phenols is 1. The van der Waals surface area contributed by atoms with Crippen LogP contribution in [0.3, 0.4) is 0 Å². The monoisotopic (exact) mass is 332 g/mol. The highest BCUT2D eigenvalue weighted by Crippen LogP contribution is 2.25. The summed E-state index contributed by atoms with van der Waals surface area (Å²) in [4.78, 5) is 27.8. The zero-order chi connectivity index (χ0) is 17.1. The number of methoxy groups -OCH3 is 1. The van der Waals surface area contributed by atoms with Crippen LogP contribution in [0.2, 0.25) is 0 Å². The minimum atomic E-state index is -0.712. The fraction of sp³-hybridized carbons (Fsp3) is 0.412. The summed E-state index contributed by atoms with van der Waals surface area (Å²) < 4.78 is 10.4. The first-order valence-corrected chi connectivity index (χ1v) is 7.86. The lowest BCUT2D eigenvalue weighted by Gasteiger charge is -2.37. The highest BCUT2D eigenvalue weighted by Gasteiger charge is 2.39. The van der Waals surface area contributed by atoms with E-state index in [1.807, 2.05) is 0 Å². The second kappa shape index (κ2) is 6.92. The van der Waals surface area contributed by atoms with Crippen LogP contribution >= 0.6 is 0 Å². The standard InChI is InChI=1S/C17H20N2O5/c1-23-17(22)18-8-9-19(15-3-2-10-24-15)16(21)14(18)11-12-4-6-13(20)7-5-12/h4-9,14-15,20H,2-3,10-11H2,1H3/t14-,15?/m0/s1. The summed E-state index contributed by atoms with van der Waals surface area (Å²) in [6.45, 7) is 0.631. The molecular weight excluding hydrogens is 312 g/mol. The van der Waals surface area contributed by atoms with Crippen molar-refractivity contribution in [3.05, 3.63) is 42.2 Å². The molecule has 0 spiro atoms. The summed E-state index contributed by atoms with van der Waals surface area (Å²) in [5.41, 5.74) is 0.836. The fourth-order valence-electron chi connectivity index (χ4n) is 2.96. The molecule has 0 bridgehead atoms. The van der Waals surface area contributed by atoms with Gasteiger partial charge in [-0.3, -0.25) is 14.6 Å². The van der Waals surface area contributed by atoms with Gasteiger partial charge in [0.1, 0.15) is 18.0 Å². The first-order chi connectivity index (χ1) is 11.6. The second-order valence-electron chi connectivity index (χ2n) is 5.77. The lowest BCUT2D eigenvalue weighted by molar-refractivity contribution is -0.143. The van der Waals surface area contributed by atoms with E-state index in [1.54, 1.807) is 41.6 Å². The van der Waals surface area contributed by atoms with Gasteiger partial charge in [-0.2, -0.15) is 0 Å². The number of carbonyl (C=O) groups excluding carboxylic acids is 2. The first kappa shape index (κ1) is 16.3. The fourth-order valence-corrected chi connectivity index (χ4v) is 2.96. The third-order valence-electron chi connectivity index (χ3n) is 4.23. The Kier molecular flexibility index (Phi) is 4.71. The molecule has 24 heavy (non-hydrogen) atoms. The maximum Gasteiger partial charge on any atom is 0.414 e. The molecule has 3 rings (SSSR count). The molecule has 2 atom stereocenters. The van der Waals surface area contributed by atoms with Gasteiger partial charge in [-0.15, -0.1) is 0 Å². The summed E-state index contributed by atoms with van der Waals surface area (Å²) in [6.07, 6.45) is 4.27. The molecule has 2 amide bonds. The Morgan fingerprint density at radius 2 is 2.08 bits per heavy atom. The predicted octanol–water partition coefficient (Wildman–Crippen LogP) is 1.82. The zero-order valence-corrected chi connectivity index (χ0v) is 13.4. The third-order valence-corrected chi connectivity index (χ3v) is 4.23. The van der Waals surface area contributed by atoms with Gasteiger partial charge < -0.3 is 14.6 Å². The van der Waals surface area contributed by atoms with Crippen molar-refractivity contribution in [1.82, 2.24) is 9.80 Å². The van der Waals surface area contributed by atoms with Gasteiger partial charge in [0.25, 0.3) is 5.91 Å². The van der Waals surface area contributed by atoms with Crippen molar-refractivity contribution >= 4 is 12.0 Å². The number of carbonyl (C=O) groups is 2. The molecule has 1 aromatic carbocycles. The molecule has 1 aromatic rings. The number of benzene rings is 1. The van der Waals surface area contributed by atoms with E-state index in [2.05, 4.69) is 0 Å². The molecule has 0 aliphatic carbocycles. The van der Waals surface area contributed by atoms with Crippen molar-refractivity contribution in [3.63, 3.8) is 0 Å². The van der Waals surface area contributed by atoms with Crippen LogP contribution in [0.1, 0.15) is 18.4 Å². The predicted molar refractivity (Wildman–Crippen MR) is 84.8 cm³/mol. The maximum absolute atomic E-state index is 12.9. The topological polar surface area (TPSA) is 79.3 Å². The van der Waals surface area contributed by atoms with Gasteiger partial charge in [-0.05, 0) is 30.5 Å². The molecule has 128 valence electrons. The number of hydrogen-bond acceptors (Lipinski definition) is 5. The van der Waals surface area contributed by atoms with Crippen LogP contribution < -0.4 is 0 Å². The van der Waals surface area contributed by atoms with Crippen LogP contribution in [0.5, 0.6) is 5.75 Å². The quantitative estimate of drug-likeness (QED) is 0.913. The number of phenolic OH excluding ortho intramolecular Hbond substituents is 1. The van der Waals surface area contributed by atoms with Crippen LogP contribution in [0.25, 0.3) is 0 Å². The van der Waals surface area contributed by atoms with E-state index in [4.69, 9.17) is 9.47 Å². The zero-order valence-electron chi connectivity index (χ0n) is 13.4. The van der Waals surface area contributed by atoms with E-state index in [0.29, 0.717) is 13.0 Å². The number of nitrogens with zero attached hydrogens (tertiary/aromatic N) is 2. The van der Waals surface area contributed by atoms with Crippen LogP contribution in [-0.2, 0) is 20.7 Å². The van der Waals surface area contributed by atoms with Crippen molar-refractivity contribution in [2.75, 3.05) is 13.7 Å². The normalized spacial score (nSPS) is 23.6. The Labute approximate surface area is 140 Å². The molecule has 2 aliphatic rings. The molecule has 1 N–H and O–H groups in total. The smallest absolute Gasteiger partial charge is 0.414 e. The lowest BCUT2D eigenvalue weighted by Crippen LogP contribution is -2.54. The van der Waals surface area contributed by atoms with E-state index in [9.17, 15) is 14.7 Å². The molecule has 2 heterocycles. The minimum Gasteiger partial charge on any atom is -0.508 e. The number of ether oxygens (including phenoxy) is 2. The number of amides is 2. The van der Waals surface area contributed by atoms with Crippen molar-refractivity contribution in [2.45, 2.75) is 31.5 Å². The van der Waals surface area contributed by atoms with Crippen molar-refractivity contribution in [1.29, 1.82) is 0 Å². The highest BCUT2D eigenvalue weighted by molar-refractivity contribution is 5.88. The van der Waals surface area contributed by atoms with Crippen LogP contribution in [0.4, 0.5) is 4.79 Å². The molecule has 0 aromatic heterocycles. The van der Waals surface area contributed by atoms with Gasteiger partial charge >= 0.3 is 6.09 Å². The van der Waals surface area contributed by atoms with Crippen LogP contribution in [0.15, 0.2) is 36.7 Å². The van der Waals surface area contributed by atoms with Gasteiger partial charge in [0, 0.05) is 25.4 Å². The van der Waals surface area contributed by atoms with Gasteiger partial charge in [-0.1, -0.05) is 12.1 Å². The second-order valence-corrected chi connectivity index (χ2v) is 5.77. The molecular formula is C17H20N2O5. The average molecular weight is 332 g/mol. The largest absolute Gasteiger partial charge is 0.508 e. The highest BCUT2D eigenvalue weighted by atomic mass is 16.5. The summed E-state index contributed by atoms with van der Waals surface area (Å²) in [7, 11) is 1.28. The number of hydrogen-bond donors (Lipinski definition) is 1. The van der Waals surface area contributed by atoms with Gasteiger partial charge in [-0.25, -0.2) is 4.79 Å². The van der Waals surface area contributed by atoms with E-state index < -0.39 is 12.1 Å². The van der Waals surface area contributed by atoms with E-state index in [-0.39, 0.29) is 17.9 Å². The van der Waals surface area contributed by atoms with E-state index >= 15 is 0 Å². The lowest BCUT2D eigenvalue weighted by atomic mass is 10.0. The Morgan fingerprint density at radius 3 is 2.71 bits per heavy atom. The Balaban J connectivity index is 1.85. The summed E-state index contributed by atoms with van der Waals surface area (Å²) in [5.74, 6) is -0.0534. The molecule has 1 unspecified atom stereocenters. The molecule has 1 fully saturated rings. The Morgan fingerprint density at radius 1 is 1.33 bits per heavy atom. The summed E-state index contributed by atoms with van der Waals surface area (Å²) in [6, 6.07) is 5.85.